The summed E-state index contributed by atoms with van der Waals surface area (Å²) in [6.07, 6.45) is 21.0. The van der Waals surface area contributed by atoms with E-state index in [4.69, 9.17) is 5.11 Å². The van der Waals surface area contributed by atoms with Crippen LogP contribution in [-0.4, -0.2) is 28.1 Å². The first kappa shape index (κ1) is 27.1. The van der Waals surface area contributed by atoms with E-state index in [-0.39, 0.29) is 11.5 Å². The number of carbonyl (C=O) groups excluding carboxylic acids is 1. The van der Waals surface area contributed by atoms with Crippen molar-refractivity contribution in [3.05, 3.63) is 0 Å². The topological polar surface area (TPSA) is 74.6 Å². The van der Waals surface area contributed by atoms with E-state index in [0.717, 1.165) is 56.3 Å². The SMILES string of the molecule is C[C@]12CCC(=O)C[C@@H]1C[C@@H](CCCCCCCCCCCC(=O)O)[C@@H]1[C@@H]2CC[C@]2(C)[C@@H](O)CC[C@@H]12. The minimum absolute atomic E-state index is 0.114. The first-order valence-electron chi connectivity index (χ1n) is 15.2. The zero-order valence-electron chi connectivity index (χ0n) is 22.6. The molecule has 0 amide bonds. The molecule has 0 aliphatic heterocycles. The highest BCUT2D eigenvalue weighted by Gasteiger charge is 2.62. The molecule has 4 heteroatoms. The molecule has 0 aromatic rings. The van der Waals surface area contributed by atoms with Crippen molar-refractivity contribution in [2.45, 2.75) is 142 Å². The largest absolute Gasteiger partial charge is 0.481 e. The molecule has 0 heterocycles. The second-order valence-electron chi connectivity index (χ2n) is 13.5. The number of hydrogen-bond acceptors (Lipinski definition) is 3. The highest BCUT2D eigenvalue weighted by molar-refractivity contribution is 5.79. The summed E-state index contributed by atoms with van der Waals surface area (Å²) in [4.78, 5) is 23.0. The van der Waals surface area contributed by atoms with Crippen LogP contribution in [0.25, 0.3) is 0 Å². The molecule has 2 N–H and O–H groups in total. The van der Waals surface area contributed by atoms with Crippen LogP contribution in [0.15, 0.2) is 0 Å². The van der Waals surface area contributed by atoms with E-state index >= 15 is 0 Å². The van der Waals surface area contributed by atoms with E-state index in [1.807, 2.05) is 0 Å². The minimum Gasteiger partial charge on any atom is -0.481 e. The van der Waals surface area contributed by atoms with Crippen molar-refractivity contribution < 1.29 is 19.8 Å². The van der Waals surface area contributed by atoms with E-state index in [2.05, 4.69) is 13.8 Å². The van der Waals surface area contributed by atoms with Crippen molar-refractivity contribution >= 4 is 11.8 Å². The van der Waals surface area contributed by atoms with Gasteiger partial charge in [-0.15, -0.1) is 0 Å². The molecule has 4 rings (SSSR count). The van der Waals surface area contributed by atoms with Crippen LogP contribution >= 0.6 is 0 Å². The van der Waals surface area contributed by atoms with Gasteiger partial charge in [0.15, 0.2) is 0 Å². The third kappa shape index (κ3) is 5.83. The molecule has 8 atom stereocenters. The zero-order chi connectivity index (χ0) is 25.1. The van der Waals surface area contributed by atoms with Gasteiger partial charge >= 0.3 is 5.97 Å². The van der Waals surface area contributed by atoms with E-state index in [1.54, 1.807) is 0 Å². The van der Waals surface area contributed by atoms with Crippen LogP contribution in [0.3, 0.4) is 0 Å². The van der Waals surface area contributed by atoms with Crippen molar-refractivity contribution in [2.24, 2.45) is 40.4 Å². The first-order valence-corrected chi connectivity index (χ1v) is 15.2. The quantitative estimate of drug-likeness (QED) is 0.278. The molecule has 4 aliphatic carbocycles. The number of hydrogen-bond donors (Lipinski definition) is 2. The van der Waals surface area contributed by atoms with Crippen LogP contribution in [0.2, 0.25) is 0 Å². The average Bonchev–Trinajstić information content (AvgIpc) is 3.12. The fourth-order valence-electron chi connectivity index (χ4n) is 9.41. The van der Waals surface area contributed by atoms with Gasteiger partial charge in [0.05, 0.1) is 6.10 Å². The first-order chi connectivity index (χ1) is 16.8. The van der Waals surface area contributed by atoms with Gasteiger partial charge in [-0.05, 0) is 85.4 Å². The van der Waals surface area contributed by atoms with Crippen LogP contribution in [0.5, 0.6) is 0 Å². The Labute approximate surface area is 214 Å². The molecule has 0 unspecified atom stereocenters. The number of fused-ring (bicyclic) bond motifs is 5. The fourth-order valence-corrected chi connectivity index (χ4v) is 9.41. The van der Waals surface area contributed by atoms with Crippen LogP contribution in [0.1, 0.15) is 136 Å². The Balaban J connectivity index is 1.28. The molecule has 4 saturated carbocycles. The molecule has 0 saturated heterocycles. The Kier molecular flexibility index (Phi) is 9.04. The van der Waals surface area contributed by atoms with Gasteiger partial charge in [0.2, 0.25) is 0 Å². The summed E-state index contributed by atoms with van der Waals surface area (Å²) in [5, 5.41) is 19.6. The molecule has 0 aromatic heterocycles. The summed E-state index contributed by atoms with van der Waals surface area (Å²) in [6, 6.07) is 0. The molecular weight excluding hydrogens is 436 g/mol. The van der Waals surface area contributed by atoms with E-state index in [1.165, 1.54) is 77.0 Å². The highest BCUT2D eigenvalue weighted by Crippen LogP contribution is 2.67. The maximum absolute atomic E-state index is 12.4. The van der Waals surface area contributed by atoms with Crippen LogP contribution < -0.4 is 0 Å². The van der Waals surface area contributed by atoms with E-state index < -0.39 is 5.97 Å². The van der Waals surface area contributed by atoms with Gasteiger partial charge in [-0.2, -0.15) is 0 Å². The zero-order valence-corrected chi connectivity index (χ0v) is 22.6. The Bertz CT molecular complexity index is 733. The maximum Gasteiger partial charge on any atom is 0.303 e. The minimum atomic E-state index is -0.670. The van der Waals surface area contributed by atoms with Crippen LogP contribution in [0, 0.1) is 40.4 Å². The van der Waals surface area contributed by atoms with Crippen molar-refractivity contribution in [2.75, 3.05) is 0 Å². The maximum atomic E-state index is 12.4. The number of unbranched alkanes of at least 4 members (excludes halogenated alkanes) is 8. The molecule has 35 heavy (non-hydrogen) atoms. The lowest BCUT2D eigenvalue weighted by molar-refractivity contribution is -0.156. The lowest BCUT2D eigenvalue weighted by Gasteiger charge is -2.62. The number of carboxylic acid groups (broad SMARTS) is 1. The van der Waals surface area contributed by atoms with Gasteiger partial charge < -0.3 is 10.2 Å². The molecule has 0 spiro atoms. The van der Waals surface area contributed by atoms with Crippen molar-refractivity contribution in [1.29, 1.82) is 0 Å². The molecule has 0 aromatic carbocycles. The summed E-state index contributed by atoms with van der Waals surface area (Å²) in [5.41, 5.74) is 0.464. The lowest BCUT2D eigenvalue weighted by Crippen LogP contribution is -2.57. The molecular formula is C31H52O4. The van der Waals surface area contributed by atoms with Crippen molar-refractivity contribution in [3.63, 3.8) is 0 Å². The number of carbonyl (C=O) groups is 2. The number of rotatable bonds is 12. The molecule has 4 fully saturated rings. The van der Waals surface area contributed by atoms with Gasteiger partial charge in [0, 0.05) is 19.3 Å². The standard InChI is InChI=1S/C31H52O4/c1-30-18-16-24(32)21-23(30)20-22(12-10-8-6-4-3-5-7-9-11-13-28(34)35)29-25-14-15-27(33)31(25,2)19-17-26(29)30/h22-23,25-27,29,33H,3-21H2,1-2H3,(H,34,35)/t22-,23+,25+,26+,27+,29+,30+,31+/m1/s1. The number of aliphatic carboxylic acids is 1. The molecule has 0 bridgehead atoms. The van der Waals surface area contributed by atoms with E-state index in [9.17, 15) is 14.7 Å². The smallest absolute Gasteiger partial charge is 0.303 e. The van der Waals surface area contributed by atoms with E-state index in [0.29, 0.717) is 29.5 Å². The molecule has 200 valence electrons. The summed E-state index contributed by atoms with van der Waals surface area (Å²) < 4.78 is 0. The number of Topliss-reactive ketones (excluding diaryl/α,β-unsaturated/α-hetero) is 1. The number of ketones is 1. The average molecular weight is 489 g/mol. The second-order valence-corrected chi connectivity index (χ2v) is 13.5. The van der Waals surface area contributed by atoms with Crippen LogP contribution in [0.4, 0.5) is 0 Å². The molecule has 4 aliphatic rings. The number of aliphatic hydroxyl groups excluding tert-OH is 1. The Morgan fingerprint density at radius 3 is 2.17 bits per heavy atom. The Morgan fingerprint density at radius 1 is 0.857 bits per heavy atom. The Hall–Kier alpha value is -0.900. The van der Waals surface area contributed by atoms with Crippen LogP contribution in [-0.2, 0) is 9.59 Å². The van der Waals surface area contributed by atoms with Gasteiger partial charge in [-0.1, -0.05) is 71.6 Å². The Morgan fingerprint density at radius 2 is 1.49 bits per heavy atom. The highest BCUT2D eigenvalue weighted by atomic mass is 16.4. The summed E-state index contributed by atoms with van der Waals surface area (Å²) in [6.45, 7) is 4.93. The predicted molar refractivity (Wildman–Crippen MR) is 140 cm³/mol. The van der Waals surface area contributed by atoms with Crippen molar-refractivity contribution in [3.8, 4) is 0 Å². The van der Waals surface area contributed by atoms with Gasteiger partial charge in [0.25, 0.3) is 0 Å². The normalized spacial score (nSPS) is 40.7. The summed E-state index contributed by atoms with van der Waals surface area (Å²) >= 11 is 0. The third-order valence-corrected chi connectivity index (χ3v) is 11.6. The molecule has 0 radical (unpaired) electrons. The molecule has 4 nitrogen and oxygen atoms in total. The summed E-state index contributed by atoms with van der Waals surface area (Å²) in [5.74, 6) is 3.35. The van der Waals surface area contributed by atoms with Crippen molar-refractivity contribution in [1.82, 2.24) is 0 Å². The summed E-state index contributed by atoms with van der Waals surface area (Å²) in [7, 11) is 0. The van der Waals surface area contributed by atoms with Gasteiger partial charge in [-0.3, -0.25) is 9.59 Å². The lowest BCUT2D eigenvalue weighted by atomic mass is 9.42. The third-order valence-electron chi connectivity index (χ3n) is 11.6. The predicted octanol–water partition coefficient (Wildman–Crippen LogP) is 7.56. The van der Waals surface area contributed by atoms with Gasteiger partial charge in [0.1, 0.15) is 5.78 Å². The van der Waals surface area contributed by atoms with Gasteiger partial charge in [-0.25, -0.2) is 0 Å². The monoisotopic (exact) mass is 488 g/mol. The number of aliphatic hydroxyl groups is 1. The second kappa shape index (κ2) is 11.7. The number of carboxylic acids is 1. The fraction of sp³-hybridized carbons (Fsp3) is 0.935.